The molecular weight excluding hydrogens is 346 g/mol. The van der Waals surface area contributed by atoms with Crippen LogP contribution in [0.2, 0.25) is 0 Å². The second kappa shape index (κ2) is 7.70. The van der Waals surface area contributed by atoms with E-state index in [2.05, 4.69) is 72.2 Å². The van der Waals surface area contributed by atoms with Crippen molar-refractivity contribution in [2.75, 3.05) is 43.0 Å². The lowest BCUT2D eigenvalue weighted by Crippen LogP contribution is -2.45. The molecular formula is C24H29N3O. The Hall–Kier alpha value is -2.75. The molecule has 0 spiro atoms. The van der Waals surface area contributed by atoms with Crippen molar-refractivity contribution in [2.24, 2.45) is 0 Å². The van der Waals surface area contributed by atoms with Crippen molar-refractivity contribution >= 4 is 23.4 Å². The third kappa shape index (κ3) is 3.77. The summed E-state index contributed by atoms with van der Waals surface area (Å²) in [4.78, 5) is 18.6. The van der Waals surface area contributed by atoms with Gasteiger partial charge in [0.15, 0.2) is 0 Å². The molecule has 2 aromatic carbocycles. The Morgan fingerprint density at radius 1 is 1.00 bits per heavy atom. The van der Waals surface area contributed by atoms with Gasteiger partial charge < -0.3 is 14.7 Å². The van der Waals surface area contributed by atoms with E-state index in [0.29, 0.717) is 6.42 Å². The van der Waals surface area contributed by atoms with Crippen molar-refractivity contribution in [2.45, 2.75) is 26.7 Å². The molecule has 0 bridgehead atoms. The molecule has 4 rings (SSSR count). The van der Waals surface area contributed by atoms with Gasteiger partial charge in [-0.3, -0.25) is 4.79 Å². The molecule has 28 heavy (non-hydrogen) atoms. The number of piperazine rings is 1. The number of carbonyl (C=O) groups is 1. The fraction of sp³-hybridized carbons (Fsp3) is 0.375. The summed E-state index contributed by atoms with van der Waals surface area (Å²) in [6, 6.07) is 15.2. The number of rotatable bonds is 3. The van der Waals surface area contributed by atoms with E-state index in [-0.39, 0.29) is 5.91 Å². The van der Waals surface area contributed by atoms with E-state index < -0.39 is 0 Å². The summed E-state index contributed by atoms with van der Waals surface area (Å²) in [6.45, 7) is 8.53. The number of nitrogens with zero attached hydrogens (tertiary/aromatic N) is 3. The Kier molecular flexibility index (Phi) is 5.12. The van der Waals surface area contributed by atoms with E-state index in [1.54, 1.807) is 4.90 Å². The quantitative estimate of drug-likeness (QED) is 0.809. The summed E-state index contributed by atoms with van der Waals surface area (Å²) in [5, 5.41) is 0. The van der Waals surface area contributed by atoms with Crippen LogP contribution in [0.25, 0.3) is 6.08 Å². The molecule has 0 saturated carbocycles. The number of amides is 1. The highest BCUT2D eigenvalue weighted by Gasteiger charge is 2.21. The van der Waals surface area contributed by atoms with Gasteiger partial charge in [-0.15, -0.1) is 0 Å². The van der Waals surface area contributed by atoms with Crippen LogP contribution in [0.4, 0.5) is 11.4 Å². The summed E-state index contributed by atoms with van der Waals surface area (Å²) in [6.07, 6.45) is 3.73. The summed E-state index contributed by atoms with van der Waals surface area (Å²) < 4.78 is 0. The van der Waals surface area contributed by atoms with Crippen LogP contribution in [0.1, 0.15) is 30.0 Å². The van der Waals surface area contributed by atoms with Crippen LogP contribution in [-0.2, 0) is 11.2 Å². The monoisotopic (exact) mass is 375 g/mol. The molecule has 1 saturated heterocycles. The third-order valence-corrected chi connectivity index (χ3v) is 5.97. The second-order valence-electron chi connectivity index (χ2n) is 7.94. The van der Waals surface area contributed by atoms with Crippen molar-refractivity contribution in [3.8, 4) is 0 Å². The summed E-state index contributed by atoms with van der Waals surface area (Å²) in [5.74, 6) is 0.207. The van der Waals surface area contributed by atoms with Crippen LogP contribution in [0.5, 0.6) is 0 Å². The molecule has 146 valence electrons. The lowest BCUT2D eigenvalue weighted by atomic mass is 9.99. The van der Waals surface area contributed by atoms with E-state index in [4.69, 9.17) is 0 Å². The Balaban J connectivity index is 1.43. The predicted molar refractivity (Wildman–Crippen MR) is 117 cm³/mol. The molecule has 2 heterocycles. The summed E-state index contributed by atoms with van der Waals surface area (Å²) >= 11 is 0. The van der Waals surface area contributed by atoms with Gasteiger partial charge in [0.25, 0.3) is 0 Å². The van der Waals surface area contributed by atoms with Crippen LogP contribution in [-0.4, -0.2) is 44.0 Å². The maximum absolute atomic E-state index is 11.9. The molecule has 4 heteroatoms. The number of hydrogen-bond acceptors (Lipinski definition) is 3. The van der Waals surface area contributed by atoms with Crippen LogP contribution in [0, 0.1) is 6.92 Å². The third-order valence-electron chi connectivity index (χ3n) is 5.97. The number of anilines is 2. The number of aryl methyl sites for hydroxylation is 2. The predicted octanol–water partition coefficient (Wildman–Crippen LogP) is 4.09. The molecule has 0 N–H and O–H groups in total. The van der Waals surface area contributed by atoms with Gasteiger partial charge in [-0.2, -0.15) is 0 Å². The largest absolute Gasteiger partial charge is 0.371 e. The zero-order valence-corrected chi connectivity index (χ0v) is 17.1. The van der Waals surface area contributed by atoms with Gasteiger partial charge in [-0.1, -0.05) is 18.2 Å². The fourth-order valence-electron chi connectivity index (χ4n) is 4.24. The zero-order chi connectivity index (χ0) is 19.7. The highest BCUT2D eigenvalue weighted by Crippen LogP contribution is 2.28. The van der Waals surface area contributed by atoms with Crippen LogP contribution in [0.15, 0.2) is 48.2 Å². The topological polar surface area (TPSA) is 26.8 Å². The number of hydrogen-bond donors (Lipinski definition) is 0. The molecule has 1 fully saturated rings. The number of carbonyl (C=O) groups excluding carboxylic acids is 1. The molecule has 0 aliphatic carbocycles. The van der Waals surface area contributed by atoms with Gasteiger partial charge in [0.2, 0.25) is 5.91 Å². The first-order valence-corrected chi connectivity index (χ1v) is 10.2. The highest BCUT2D eigenvalue weighted by molar-refractivity contribution is 5.96. The first-order chi connectivity index (χ1) is 13.5. The molecule has 2 aromatic rings. The average Bonchev–Trinajstić information content (AvgIpc) is 2.71. The maximum atomic E-state index is 11.9. The number of allylic oxidation sites excluding steroid dienone is 1. The minimum atomic E-state index is 0.207. The molecule has 2 aliphatic rings. The minimum Gasteiger partial charge on any atom is -0.371 e. The second-order valence-corrected chi connectivity index (χ2v) is 7.94. The SMILES string of the molecule is CC(=Cc1ccc2c(c1)CCC(=O)N2C)N1CCN(c2cccc(C)c2)CC1. The van der Waals surface area contributed by atoms with Crippen LogP contribution < -0.4 is 9.80 Å². The minimum absolute atomic E-state index is 0.207. The van der Waals surface area contributed by atoms with Gasteiger partial charge in [0, 0.05) is 56.7 Å². The Morgan fingerprint density at radius 3 is 2.54 bits per heavy atom. The van der Waals surface area contributed by atoms with E-state index in [1.165, 1.54) is 28.1 Å². The molecule has 4 nitrogen and oxygen atoms in total. The molecule has 0 radical (unpaired) electrons. The van der Waals surface area contributed by atoms with Crippen LogP contribution >= 0.6 is 0 Å². The Bertz CT molecular complexity index is 910. The van der Waals surface area contributed by atoms with Crippen molar-refractivity contribution in [3.05, 3.63) is 64.9 Å². The number of fused-ring (bicyclic) bond motifs is 1. The van der Waals surface area contributed by atoms with Crippen molar-refractivity contribution in [1.29, 1.82) is 0 Å². The smallest absolute Gasteiger partial charge is 0.227 e. The summed E-state index contributed by atoms with van der Waals surface area (Å²) in [5.41, 5.74) is 7.50. The standard InChI is InChI=1S/C24H29N3O/c1-18-5-4-6-22(15-18)27-13-11-26(12-14-27)19(2)16-20-7-9-23-21(17-20)8-10-24(28)25(23)3/h4-7,9,15-17H,8,10-14H2,1-3H3. The lowest BCUT2D eigenvalue weighted by Gasteiger charge is -2.38. The van der Waals surface area contributed by atoms with Gasteiger partial charge in [0.1, 0.15) is 0 Å². The van der Waals surface area contributed by atoms with E-state index in [9.17, 15) is 4.79 Å². The summed E-state index contributed by atoms with van der Waals surface area (Å²) in [7, 11) is 1.87. The lowest BCUT2D eigenvalue weighted by molar-refractivity contribution is -0.118. The van der Waals surface area contributed by atoms with Gasteiger partial charge in [-0.05, 0) is 67.3 Å². The van der Waals surface area contributed by atoms with E-state index >= 15 is 0 Å². The van der Waals surface area contributed by atoms with Gasteiger partial charge in [-0.25, -0.2) is 0 Å². The zero-order valence-electron chi connectivity index (χ0n) is 17.1. The molecule has 2 aliphatic heterocycles. The van der Waals surface area contributed by atoms with Gasteiger partial charge in [0.05, 0.1) is 0 Å². The van der Waals surface area contributed by atoms with Crippen LogP contribution in [0.3, 0.4) is 0 Å². The van der Waals surface area contributed by atoms with E-state index in [0.717, 1.165) is 38.3 Å². The molecule has 0 unspecified atom stereocenters. The number of benzene rings is 2. The molecule has 0 aromatic heterocycles. The van der Waals surface area contributed by atoms with Crippen molar-refractivity contribution < 1.29 is 4.79 Å². The first kappa shape index (κ1) is 18.6. The maximum Gasteiger partial charge on any atom is 0.227 e. The Morgan fingerprint density at radius 2 is 1.79 bits per heavy atom. The van der Waals surface area contributed by atoms with Crippen molar-refractivity contribution in [1.82, 2.24) is 4.90 Å². The van der Waals surface area contributed by atoms with E-state index in [1.807, 2.05) is 7.05 Å². The first-order valence-electron chi connectivity index (χ1n) is 10.2. The fourth-order valence-corrected chi connectivity index (χ4v) is 4.24. The molecule has 0 atom stereocenters. The van der Waals surface area contributed by atoms with Gasteiger partial charge >= 0.3 is 0 Å². The Labute approximate surface area is 168 Å². The molecule has 1 amide bonds. The average molecular weight is 376 g/mol. The highest BCUT2D eigenvalue weighted by atomic mass is 16.2. The normalized spacial score (nSPS) is 17.8. The van der Waals surface area contributed by atoms with Crippen molar-refractivity contribution in [3.63, 3.8) is 0 Å².